The SMILES string of the molecule is C1=CNc2ccccc2N=C1.CC1=c2ccc3c(c2CCC1)CC=c1ccccc1=3. The van der Waals surface area contributed by atoms with Crippen LogP contribution in [-0.4, -0.2) is 6.21 Å². The van der Waals surface area contributed by atoms with Crippen molar-refractivity contribution in [2.75, 3.05) is 5.32 Å². The summed E-state index contributed by atoms with van der Waals surface area (Å²) in [6, 6.07) is 21.4. The predicted octanol–water partition coefficient (Wildman–Crippen LogP) is 5.15. The van der Waals surface area contributed by atoms with Crippen molar-refractivity contribution < 1.29 is 0 Å². The van der Waals surface area contributed by atoms with Crippen LogP contribution >= 0.6 is 0 Å². The molecule has 0 spiro atoms. The van der Waals surface area contributed by atoms with Crippen molar-refractivity contribution in [2.45, 2.75) is 32.6 Å². The van der Waals surface area contributed by atoms with Gasteiger partial charge in [-0.05, 0) is 82.8 Å². The number of anilines is 1. The Morgan fingerprint density at radius 3 is 2.60 bits per heavy atom. The van der Waals surface area contributed by atoms with E-state index in [-0.39, 0.29) is 0 Å². The molecule has 1 heterocycles. The van der Waals surface area contributed by atoms with E-state index >= 15 is 0 Å². The number of rotatable bonds is 0. The summed E-state index contributed by atoms with van der Waals surface area (Å²) in [5.41, 5.74) is 6.81. The summed E-state index contributed by atoms with van der Waals surface area (Å²) in [7, 11) is 0. The average Bonchev–Trinajstić information content (AvgIpc) is 3.05. The molecule has 0 radical (unpaired) electrons. The highest BCUT2D eigenvalue weighted by Crippen LogP contribution is 2.24. The van der Waals surface area contributed by atoms with E-state index in [1.807, 2.05) is 36.5 Å². The van der Waals surface area contributed by atoms with Gasteiger partial charge in [0.15, 0.2) is 0 Å². The normalized spacial score (nSPS) is 15.2. The maximum Gasteiger partial charge on any atom is 0.0864 e. The van der Waals surface area contributed by atoms with Gasteiger partial charge in [-0.1, -0.05) is 60.2 Å². The second-order valence-corrected chi connectivity index (χ2v) is 8.05. The fraction of sp³-hybridized carbons (Fsp3) is 0.179. The second-order valence-electron chi connectivity index (χ2n) is 8.05. The van der Waals surface area contributed by atoms with E-state index in [1.165, 1.54) is 40.1 Å². The summed E-state index contributed by atoms with van der Waals surface area (Å²) in [4.78, 5) is 4.21. The number of para-hydroxylation sites is 2. The molecule has 1 N–H and O–H groups in total. The van der Waals surface area contributed by atoms with Gasteiger partial charge in [-0.15, -0.1) is 0 Å². The maximum atomic E-state index is 4.21. The Bertz CT molecular complexity index is 1380. The molecule has 0 bridgehead atoms. The predicted molar refractivity (Wildman–Crippen MR) is 127 cm³/mol. The molecule has 0 atom stereocenters. The van der Waals surface area contributed by atoms with Crippen LogP contribution in [0.4, 0.5) is 11.4 Å². The zero-order valence-corrected chi connectivity index (χ0v) is 17.4. The van der Waals surface area contributed by atoms with Gasteiger partial charge in [-0.2, -0.15) is 0 Å². The van der Waals surface area contributed by atoms with Crippen LogP contribution in [0.25, 0.3) is 11.6 Å². The van der Waals surface area contributed by atoms with Gasteiger partial charge in [0, 0.05) is 12.4 Å². The summed E-state index contributed by atoms with van der Waals surface area (Å²) < 4.78 is 0. The first-order chi connectivity index (χ1) is 14.8. The van der Waals surface area contributed by atoms with Gasteiger partial charge in [0.2, 0.25) is 0 Å². The molecular weight excluding hydrogens is 364 g/mol. The monoisotopic (exact) mass is 390 g/mol. The number of nitrogens with zero attached hydrogens (tertiary/aromatic N) is 1. The van der Waals surface area contributed by atoms with E-state index in [0.717, 1.165) is 17.8 Å². The van der Waals surface area contributed by atoms with Crippen LogP contribution in [0.15, 0.2) is 77.9 Å². The lowest BCUT2D eigenvalue weighted by molar-refractivity contribution is 0.805. The minimum Gasteiger partial charge on any atom is -0.360 e. The van der Waals surface area contributed by atoms with E-state index in [4.69, 9.17) is 0 Å². The number of benzene rings is 3. The average molecular weight is 391 g/mol. The third kappa shape index (κ3) is 3.50. The Morgan fingerprint density at radius 2 is 1.63 bits per heavy atom. The minimum absolute atomic E-state index is 0.984. The van der Waals surface area contributed by atoms with Gasteiger partial charge < -0.3 is 5.32 Å². The third-order valence-corrected chi connectivity index (χ3v) is 6.19. The Balaban J connectivity index is 0.000000149. The van der Waals surface area contributed by atoms with E-state index in [2.05, 4.69) is 59.7 Å². The van der Waals surface area contributed by atoms with Crippen molar-refractivity contribution in [1.29, 1.82) is 0 Å². The lowest BCUT2D eigenvalue weighted by Crippen LogP contribution is -2.21. The summed E-state index contributed by atoms with van der Waals surface area (Å²) in [5.74, 6) is 0. The molecule has 2 aliphatic carbocycles. The summed E-state index contributed by atoms with van der Waals surface area (Å²) in [6.45, 7) is 2.30. The van der Waals surface area contributed by atoms with Crippen LogP contribution in [-0.2, 0) is 12.8 Å². The van der Waals surface area contributed by atoms with Crippen LogP contribution in [0.2, 0.25) is 0 Å². The Kier molecular flexibility index (Phi) is 5.06. The Labute approximate surface area is 177 Å². The minimum atomic E-state index is 0.984. The molecule has 30 heavy (non-hydrogen) atoms. The van der Waals surface area contributed by atoms with Gasteiger partial charge in [-0.25, -0.2) is 0 Å². The molecule has 0 aromatic heterocycles. The third-order valence-electron chi connectivity index (χ3n) is 6.19. The number of allylic oxidation sites excluding steroid dienone is 1. The number of hydrogen-bond donors (Lipinski definition) is 1. The number of aliphatic imine (C=N–C) groups is 1. The van der Waals surface area contributed by atoms with Crippen molar-refractivity contribution in [1.82, 2.24) is 0 Å². The van der Waals surface area contributed by atoms with Crippen LogP contribution < -0.4 is 15.8 Å². The maximum absolute atomic E-state index is 4.21. The quantitative estimate of drug-likeness (QED) is 0.564. The van der Waals surface area contributed by atoms with Crippen molar-refractivity contribution in [3.8, 4) is 0 Å². The molecule has 3 aromatic rings. The highest BCUT2D eigenvalue weighted by Gasteiger charge is 2.13. The van der Waals surface area contributed by atoms with E-state index < -0.39 is 0 Å². The van der Waals surface area contributed by atoms with Crippen molar-refractivity contribution in [2.24, 2.45) is 4.99 Å². The molecule has 148 valence electrons. The zero-order valence-electron chi connectivity index (χ0n) is 17.4. The summed E-state index contributed by atoms with van der Waals surface area (Å²) >= 11 is 0. The molecule has 2 heteroatoms. The van der Waals surface area contributed by atoms with E-state index in [9.17, 15) is 0 Å². The molecule has 0 amide bonds. The van der Waals surface area contributed by atoms with Gasteiger partial charge in [0.1, 0.15) is 0 Å². The molecule has 0 saturated heterocycles. The molecule has 0 saturated carbocycles. The summed E-state index contributed by atoms with van der Waals surface area (Å²) in [6.07, 6.45) is 12.9. The van der Waals surface area contributed by atoms with Crippen molar-refractivity contribution >= 4 is 29.2 Å². The first-order valence-electron chi connectivity index (χ1n) is 10.8. The fourth-order valence-electron chi connectivity index (χ4n) is 4.67. The molecule has 6 rings (SSSR count). The van der Waals surface area contributed by atoms with Crippen molar-refractivity contribution in [3.05, 3.63) is 105 Å². The molecule has 0 unspecified atom stereocenters. The van der Waals surface area contributed by atoms with Crippen LogP contribution in [0.3, 0.4) is 0 Å². The lowest BCUT2D eigenvalue weighted by Gasteiger charge is -2.18. The molecule has 3 aliphatic rings. The Hall–Kier alpha value is -3.39. The highest BCUT2D eigenvalue weighted by atomic mass is 14.9. The second kappa shape index (κ2) is 8.16. The Morgan fingerprint density at radius 1 is 0.800 bits per heavy atom. The molecule has 3 aromatic carbocycles. The van der Waals surface area contributed by atoms with E-state index in [1.54, 1.807) is 22.9 Å². The first-order valence-corrected chi connectivity index (χ1v) is 10.8. The first kappa shape index (κ1) is 18.6. The molecule has 0 fully saturated rings. The van der Waals surface area contributed by atoms with E-state index in [0.29, 0.717) is 0 Å². The topological polar surface area (TPSA) is 24.4 Å². The number of nitrogens with one attached hydrogen (secondary N) is 1. The zero-order chi connectivity index (χ0) is 20.3. The van der Waals surface area contributed by atoms with Crippen molar-refractivity contribution in [3.63, 3.8) is 0 Å². The smallest absolute Gasteiger partial charge is 0.0864 e. The molecule has 1 aliphatic heterocycles. The lowest BCUT2D eigenvalue weighted by atomic mass is 9.86. The number of hydrogen-bond acceptors (Lipinski definition) is 2. The van der Waals surface area contributed by atoms with Crippen LogP contribution in [0, 0.1) is 10.4 Å². The van der Waals surface area contributed by atoms with Gasteiger partial charge in [0.25, 0.3) is 0 Å². The van der Waals surface area contributed by atoms with Crippen LogP contribution in [0.1, 0.15) is 30.9 Å². The van der Waals surface area contributed by atoms with Gasteiger partial charge in [-0.3, -0.25) is 4.99 Å². The standard InChI is InChI=1S/C19H18.C9H8N2/c1-13-5-4-8-17-15(13)11-12-18-16-7-3-2-6-14(16)9-10-19(17)18;1-2-5-9-8(4-1)10-6-3-7-11-9/h2-3,6-7,9,11-12H,4-5,8,10H2,1H3;1-7,10H. The number of fused-ring (bicyclic) bond motifs is 5. The molecule has 2 nitrogen and oxygen atoms in total. The van der Waals surface area contributed by atoms with Crippen LogP contribution in [0.5, 0.6) is 0 Å². The molecular formula is C28H26N2. The largest absolute Gasteiger partial charge is 0.360 e. The highest BCUT2D eigenvalue weighted by molar-refractivity contribution is 5.81. The van der Waals surface area contributed by atoms with Gasteiger partial charge >= 0.3 is 0 Å². The fourth-order valence-corrected chi connectivity index (χ4v) is 4.67. The summed E-state index contributed by atoms with van der Waals surface area (Å²) in [5, 5.41) is 8.92. The van der Waals surface area contributed by atoms with Gasteiger partial charge in [0.05, 0.1) is 11.4 Å².